The van der Waals surface area contributed by atoms with Gasteiger partial charge in [-0.1, -0.05) is 31.6 Å². The summed E-state index contributed by atoms with van der Waals surface area (Å²) in [5, 5.41) is 3.47. The average Bonchev–Trinajstić information content (AvgIpc) is 2.36. The van der Waals surface area contributed by atoms with Crippen molar-refractivity contribution >= 4 is 5.82 Å². The summed E-state index contributed by atoms with van der Waals surface area (Å²) in [6.45, 7) is 9.50. The Kier molecular flexibility index (Phi) is 4.37. The zero-order chi connectivity index (χ0) is 13.0. The van der Waals surface area contributed by atoms with E-state index in [1.54, 1.807) is 0 Å². The highest BCUT2D eigenvalue weighted by Crippen LogP contribution is 2.21. The molecule has 0 spiro atoms. The van der Waals surface area contributed by atoms with Gasteiger partial charge in [0.15, 0.2) is 0 Å². The second-order valence-electron chi connectivity index (χ2n) is 5.28. The van der Waals surface area contributed by atoms with Crippen LogP contribution in [0.5, 0.6) is 0 Å². The summed E-state index contributed by atoms with van der Waals surface area (Å²) in [7, 11) is 0. The monoisotopic (exact) mass is 245 g/mol. The first kappa shape index (κ1) is 13.1. The first-order valence-corrected chi connectivity index (χ1v) is 6.74. The number of aromatic nitrogens is 1. The van der Waals surface area contributed by atoms with Crippen molar-refractivity contribution < 1.29 is 0 Å². The molecule has 18 heavy (non-hydrogen) atoms. The standard InChI is InChI=1S/C15H23N3/c1-12(2)17-10-14-7-4-8-16-15(14)18-9-5-6-13(3)11-18/h4,6-8,12,17H,5,9-11H2,1-3H3. The number of nitrogens with zero attached hydrogens (tertiary/aromatic N) is 2. The van der Waals surface area contributed by atoms with E-state index in [1.807, 2.05) is 12.3 Å². The quantitative estimate of drug-likeness (QED) is 0.827. The van der Waals surface area contributed by atoms with Crippen molar-refractivity contribution in [3.8, 4) is 0 Å². The van der Waals surface area contributed by atoms with E-state index >= 15 is 0 Å². The molecular weight excluding hydrogens is 222 g/mol. The van der Waals surface area contributed by atoms with E-state index in [0.29, 0.717) is 6.04 Å². The van der Waals surface area contributed by atoms with Crippen LogP contribution in [0, 0.1) is 0 Å². The molecule has 0 atom stereocenters. The zero-order valence-corrected chi connectivity index (χ0v) is 11.6. The van der Waals surface area contributed by atoms with E-state index in [4.69, 9.17) is 0 Å². The maximum Gasteiger partial charge on any atom is 0.133 e. The topological polar surface area (TPSA) is 28.2 Å². The number of nitrogens with one attached hydrogen (secondary N) is 1. The molecule has 0 unspecified atom stereocenters. The molecule has 1 aromatic rings. The van der Waals surface area contributed by atoms with Crippen LogP contribution in [0.3, 0.4) is 0 Å². The number of hydrogen-bond donors (Lipinski definition) is 1. The lowest BCUT2D eigenvalue weighted by Crippen LogP contribution is -2.32. The van der Waals surface area contributed by atoms with Crippen LogP contribution in [-0.4, -0.2) is 24.1 Å². The van der Waals surface area contributed by atoms with Crippen LogP contribution in [0.4, 0.5) is 5.82 Å². The molecule has 0 bridgehead atoms. The highest BCUT2D eigenvalue weighted by Gasteiger charge is 2.15. The largest absolute Gasteiger partial charge is 0.352 e. The van der Waals surface area contributed by atoms with Gasteiger partial charge in [0.2, 0.25) is 0 Å². The molecule has 0 aromatic carbocycles. The van der Waals surface area contributed by atoms with Gasteiger partial charge in [0, 0.05) is 37.4 Å². The van der Waals surface area contributed by atoms with Gasteiger partial charge in [-0.05, 0) is 19.4 Å². The number of anilines is 1. The van der Waals surface area contributed by atoms with Crippen molar-refractivity contribution in [1.82, 2.24) is 10.3 Å². The second kappa shape index (κ2) is 6.01. The highest BCUT2D eigenvalue weighted by atomic mass is 15.2. The van der Waals surface area contributed by atoms with Crippen LogP contribution < -0.4 is 10.2 Å². The molecule has 2 heterocycles. The van der Waals surface area contributed by atoms with E-state index in [2.05, 4.69) is 48.1 Å². The van der Waals surface area contributed by atoms with Crippen molar-refractivity contribution in [3.63, 3.8) is 0 Å². The number of hydrogen-bond acceptors (Lipinski definition) is 3. The fourth-order valence-electron chi connectivity index (χ4n) is 2.26. The van der Waals surface area contributed by atoms with Crippen molar-refractivity contribution in [3.05, 3.63) is 35.5 Å². The van der Waals surface area contributed by atoms with Gasteiger partial charge in [-0.2, -0.15) is 0 Å². The third-order valence-corrected chi connectivity index (χ3v) is 3.20. The molecule has 2 rings (SSSR count). The molecule has 3 heteroatoms. The summed E-state index contributed by atoms with van der Waals surface area (Å²) in [6.07, 6.45) is 5.34. The smallest absolute Gasteiger partial charge is 0.133 e. The van der Waals surface area contributed by atoms with Gasteiger partial charge in [0.1, 0.15) is 5.82 Å². The minimum atomic E-state index is 0.501. The SMILES string of the molecule is CC1=CCCN(c2ncccc2CNC(C)C)C1. The molecule has 0 fully saturated rings. The third kappa shape index (κ3) is 3.33. The maximum atomic E-state index is 4.57. The van der Waals surface area contributed by atoms with E-state index < -0.39 is 0 Å². The first-order chi connectivity index (χ1) is 8.66. The molecule has 0 amide bonds. The summed E-state index contributed by atoms with van der Waals surface area (Å²) < 4.78 is 0. The van der Waals surface area contributed by atoms with E-state index in [-0.39, 0.29) is 0 Å². The molecule has 3 nitrogen and oxygen atoms in total. The predicted molar refractivity (Wildman–Crippen MR) is 76.8 cm³/mol. The van der Waals surface area contributed by atoms with Gasteiger partial charge in [-0.3, -0.25) is 0 Å². The van der Waals surface area contributed by atoms with Gasteiger partial charge >= 0.3 is 0 Å². The Balaban J connectivity index is 2.14. The fourth-order valence-corrected chi connectivity index (χ4v) is 2.26. The molecule has 0 saturated heterocycles. The van der Waals surface area contributed by atoms with Crippen LogP contribution in [-0.2, 0) is 6.54 Å². The van der Waals surface area contributed by atoms with Gasteiger partial charge in [-0.15, -0.1) is 0 Å². The average molecular weight is 245 g/mol. The summed E-state index contributed by atoms with van der Waals surface area (Å²) in [5.74, 6) is 1.14. The van der Waals surface area contributed by atoms with E-state index in [9.17, 15) is 0 Å². The summed E-state index contributed by atoms with van der Waals surface area (Å²) >= 11 is 0. The van der Waals surface area contributed by atoms with Crippen molar-refractivity contribution in [2.24, 2.45) is 0 Å². The van der Waals surface area contributed by atoms with Crippen LogP contribution in [0.1, 0.15) is 32.8 Å². The second-order valence-corrected chi connectivity index (χ2v) is 5.28. The van der Waals surface area contributed by atoms with Crippen LogP contribution in [0.15, 0.2) is 30.0 Å². The lowest BCUT2D eigenvalue weighted by Gasteiger charge is -2.29. The number of pyridine rings is 1. The van der Waals surface area contributed by atoms with E-state index in [1.165, 1.54) is 11.1 Å². The van der Waals surface area contributed by atoms with Crippen molar-refractivity contribution in [2.45, 2.75) is 39.8 Å². The van der Waals surface area contributed by atoms with E-state index in [0.717, 1.165) is 31.9 Å². The molecule has 1 aromatic heterocycles. The normalized spacial score (nSPS) is 16.0. The summed E-state index contributed by atoms with van der Waals surface area (Å²) in [4.78, 5) is 6.96. The van der Waals surface area contributed by atoms with Crippen LogP contribution in [0.25, 0.3) is 0 Å². The van der Waals surface area contributed by atoms with Gasteiger partial charge in [0.25, 0.3) is 0 Å². The predicted octanol–water partition coefficient (Wildman–Crippen LogP) is 2.74. The lowest BCUT2D eigenvalue weighted by atomic mass is 10.1. The van der Waals surface area contributed by atoms with Crippen LogP contribution >= 0.6 is 0 Å². The Bertz CT molecular complexity index is 424. The molecule has 1 N–H and O–H groups in total. The lowest BCUT2D eigenvalue weighted by molar-refractivity contribution is 0.586. The van der Waals surface area contributed by atoms with Gasteiger partial charge in [-0.25, -0.2) is 4.98 Å². The highest BCUT2D eigenvalue weighted by molar-refractivity contribution is 5.48. The summed E-state index contributed by atoms with van der Waals surface area (Å²) in [5.41, 5.74) is 2.73. The minimum absolute atomic E-state index is 0.501. The Morgan fingerprint density at radius 3 is 3.00 bits per heavy atom. The van der Waals surface area contributed by atoms with Crippen molar-refractivity contribution in [1.29, 1.82) is 0 Å². The third-order valence-electron chi connectivity index (χ3n) is 3.20. The zero-order valence-electron chi connectivity index (χ0n) is 11.6. The Hall–Kier alpha value is -1.35. The molecule has 1 aliphatic heterocycles. The minimum Gasteiger partial charge on any atom is -0.352 e. The fraction of sp³-hybridized carbons (Fsp3) is 0.533. The molecular formula is C15H23N3. The van der Waals surface area contributed by atoms with Gasteiger partial charge < -0.3 is 10.2 Å². The Morgan fingerprint density at radius 2 is 2.28 bits per heavy atom. The Labute approximate surface area is 110 Å². The van der Waals surface area contributed by atoms with Gasteiger partial charge in [0.05, 0.1) is 0 Å². The van der Waals surface area contributed by atoms with Crippen molar-refractivity contribution in [2.75, 3.05) is 18.0 Å². The summed E-state index contributed by atoms with van der Waals surface area (Å²) in [6, 6.07) is 4.69. The molecule has 1 aliphatic rings. The first-order valence-electron chi connectivity index (χ1n) is 6.74. The molecule has 0 saturated carbocycles. The number of rotatable bonds is 4. The van der Waals surface area contributed by atoms with Crippen LogP contribution in [0.2, 0.25) is 0 Å². The molecule has 0 radical (unpaired) electrons. The molecule has 0 aliphatic carbocycles. The Morgan fingerprint density at radius 1 is 1.44 bits per heavy atom. The maximum absolute atomic E-state index is 4.57. The molecule has 98 valence electrons.